The van der Waals surface area contributed by atoms with Crippen molar-refractivity contribution in [1.29, 1.82) is 0 Å². The molecule has 0 saturated heterocycles. The number of rotatable bonds is 11. The van der Waals surface area contributed by atoms with Crippen molar-refractivity contribution in [2.75, 3.05) is 26.9 Å². The van der Waals surface area contributed by atoms with Gasteiger partial charge in [-0.1, -0.05) is 32.3 Å². The Kier molecular flexibility index (Phi) is 9.55. The Morgan fingerprint density at radius 3 is 2.78 bits per heavy atom. The van der Waals surface area contributed by atoms with Crippen molar-refractivity contribution in [2.45, 2.75) is 32.6 Å². The number of ether oxygens (including phenoxy) is 2. The van der Waals surface area contributed by atoms with Crippen molar-refractivity contribution in [3.05, 3.63) is 29.8 Å². The minimum atomic E-state index is -0.241. The number of aliphatic hydroxyl groups is 1. The van der Waals surface area contributed by atoms with Crippen LogP contribution in [0.2, 0.25) is 0 Å². The fourth-order valence-electron chi connectivity index (χ4n) is 2.03. The van der Waals surface area contributed by atoms with Crippen LogP contribution in [-0.4, -0.2) is 37.9 Å². The minimum Gasteiger partial charge on any atom is -0.493 e. The molecule has 1 rings (SSSR count). The van der Waals surface area contributed by atoms with Crippen LogP contribution in [0, 0.1) is 0 Å². The molecule has 0 aliphatic rings. The lowest BCUT2D eigenvalue weighted by molar-refractivity contribution is -0.116. The number of hydrogen-bond donors (Lipinski definition) is 2. The number of aliphatic hydroxyl groups excluding tert-OH is 1. The SMILES string of the molecule is CCCCCCOc1ccc(/C=C/C(=O)NCCO)cc1OC. The van der Waals surface area contributed by atoms with E-state index in [9.17, 15) is 4.79 Å². The third-order valence-electron chi connectivity index (χ3n) is 3.28. The van der Waals surface area contributed by atoms with Gasteiger partial charge in [0, 0.05) is 12.6 Å². The molecule has 1 aromatic rings. The van der Waals surface area contributed by atoms with Gasteiger partial charge < -0.3 is 19.9 Å². The summed E-state index contributed by atoms with van der Waals surface area (Å²) < 4.78 is 11.1. The monoisotopic (exact) mass is 321 g/mol. The largest absolute Gasteiger partial charge is 0.493 e. The second-order valence-electron chi connectivity index (χ2n) is 5.17. The zero-order valence-corrected chi connectivity index (χ0v) is 14.0. The van der Waals surface area contributed by atoms with Crippen LogP contribution in [0.3, 0.4) is 0 Å². The molecular formula is C18H27NO4. The molecule has 5 nitrogen and oxygen atoms in total. The number of benzene rings is 1. The minimum absolute atomic E-state index is 0.0717. The number of unbranched alkanes of at least 4 members (excludes halogenated alkanes) is 3. The summed E-state index contributed by atoms with van der Waals surface area (Å²) in [5.41, 5.74) is 0.847. The first-order valence-electron chi connectivity index (χ1n) is 8.08. The summed E-state index contributed by atoms with van der Waals surface area (Å²) in [5, 5.41) is 11.2. The Morgan fingerprint density at radius 2 is 2.09 bits per heavy atom. The van der Waals surface area contributed by atoms with E-state index in [0.717, 1.165) is 12.0 Å². The van der Waals surface area contributed by atoms with Gasteiger partial charge in [0.05, 0.1) is 20.3 Å². The lowest BCUT2D eigenvalue weighted by atomic mass is 10.2. The zero-order valence-electron chi connectivity index (χ0n) is 14.0. The lowest BCUT2D eigenvalue weighted by Gasteiger charge is -2.11. The molecule has 0 bridgehead atoms. The van der Waals surface area contributed by atoms with E-state index in [1.54, 1.807) is 13.2 Å². The third kappa shape index (κ3) is 7.70. The Labute approximate surface area is 138 Å². The third-order valence-corrected chi connectivity index (χ3v) is 3.28. The van der Waals surface area contributed by atoms with Crippen molar-refractivity contribution < 1.29 is 19.4 Å². The number of carbonyl (C=O) groups excluding carboxylic acids is 1. The van der Waals surface area contributed by atoms with Crippen LogP contribution in [0.4, 0.5) is 0 Å². The summed E-state index contributed by atoms with van der Waals surface area (Å²) in [7, 11) is 1.60. The number of amides is 1. The van der Waals surface area contributed by atoms with E-state index in [0.29, 0.717) is 18.1 Å². The first kappa shape index (κ1) is 19.0. The maximum absolute atomic E-state index is 11.5. The average Bonchev–Trinajstić information content (AvgIpc) is 2.58. The number of carbonyl (C=O) groups is 1. The first-order chi connectivity index (χ1) is 11.2. The van der Waals surface area contributed by atoms with Gasteiger partial charge in [-0.25, -0.2) is 0 Å². The maximum atomic E-state index is 11.5. The van der Waals surface area contributed by atoms with Crippen LogP contribution in [-0.2, 0) is 4.79 Å². The smallest absolute Gasteiger partial charge is 0.244 e. The van der Waals surface area contributed by atoms with Gasteiger partial charge in [-0.15, -0.1) is 0 Å². The summed E-state index contributed by atoms with van der Waals surface area (Å²) in [5.74, 6) is 1.12. The zero-order chi connectivity index (χ0) is 16.9. The van der Waals surface area contributed by atoms with E-state index in [1.165, 1.54) is 25.3 Å². The normalized spacial score (nSPS) is 10.7. The fraction of sp³-hybridized carbons (Fsp3) is 0.500. The van der Waals surface area contributed by atoms with Gasteiger partial charge in [0.25, 0.3) is 0 Å². The predicted octanol–water partition coefficient (Wildman–Crippen LogP) is 2.78. The van der Waals surface area contributed by atoms with Crippen molar-refractivity contribution in [3.8, 4) is 11.5 Å². The standard InChI is InChI=1S/C18H27NO4/c1-3-4-5-6-13-23-16-9-7-15(14-17(16)22-2)8-10-18(21)19-11-12-20/h7-10,14,20H,3-6,11-13H2,1-2H3,(H,19,21)/b10-8+. The summed E-state index contributed by atoms with van der Waals surface area (Å²) in [6.07, 6.45) is 7.75. The Balaban J connectivity index is 2.57. The molecule has 23 heavy (non-hydrogen) atoms. The number of nitrogens with one attached hydrogen (secondary N) is 1. The van der Waals surface area contributed by atoms with E-state index in [-0.39, 0.29) is 19.1 Å². The molecule has 0 atom stereocenters. The second kappa shape index (κ2) is 11.5. The molecule has 1 amide bonds. The van der Waals surface area contributed by atoms with E-state index in [1.807, 2.05) is 18.2 Å². The van der Waals surface area contributed by atoms with Gasteiger partial charge in [-0.2, -0.15) is 0 Å². The van der Waals surface area contributed by atoms with Gasteiger partial charge in [0.2, 0.25) is 5.91 Å². The van der Waals surface area contributed by atoms with Crippen LogP contribution in [0.5, 0.6) is 11.5 Å². The quantitative estimate of drug-likeness (QED) is 0.486. The van der Waals surface area contributed by atoms with Crippen molar-refractivity contribution in [1.82, 2.24) is 5.32 Å². The van der Waals surface area contributed by atoms with Gasteiger partial charge in [0.15, 0.2) is 11.5 Å². The molecule has 0 spiro atoms. The highest BCUT2D eigenvalue weighted by Gasteiger charge is 2.05. The fourth-order valence-corrected chi connectivity index (χ4v) is 2.03. The molecule has 0 aliphatic heterocycles. The van der Waals surface area contributed by atoms with Crippen LogP contribution in [0.1, 0.15) is 38.2 Å². The van der Waals surface area contributed by atoms with E-state index >= 15 is 0 Å². The molecule has 128 valence electrons. The lowest BCUT2D eigenvalue weighted by Crippen LogP contribution is -2.24. The van der Waals surface area contributed by atoms with Crippen molar-refractivity contribution in [3.63, 3.8) is 0 Å². The van der Waals surface area contributed by atoms with Gasteiger partial charge in [-0.3, -0.25) is 4.79 Å². The summed E-state index contributed by atoms with van der Waals surface area (Å²) in [6, 6.07) is 5.56. The molecule has 0 aromatic heterocycles. The second-order valence-corrected chi connectivity index (χ2v) is 5.17. The van der Waals surface area contributed by atoms with E-state index in [4.69, 9.17) is 14.6 Å². The molecule has 0 fully saturated rings. The predicted molar refractivity (Wildman–Crippen MR) is 91.8 cm³/mol. The molecular weight excluding hydrogens is 294 g/mol. The average molecular weight is 321 g/mol. The number of methoxy groups -OCH3 is 1. The first-order valence-corrected chi connectivity index (χ1v) is 8.08. The van der Waals surface area contributed by atoms with Gasteiger partial charge in [-0.05, 0) is 30.2 Å². The maximum Gasteiger partial charge on any atom is 0.244 e. The Morgan fingerprint density at radius 1 is 1.26 bits per heavy atom. The van der Waals surface area contributed by atoms with Gasteiger partial charge >= 0.3 is 0 Å². The Hall–Kier alpha value is -2.01. The summed E-state index contributed by atoms with van der Waals surface area (Å²) in [6.45, 7) is 3.03. The molecule has 5 heteroatoms. The highest BCUT2D eigenvalue weighted by Crippen LogP contribution is 2.28. The summed E-state index contributed by atoms with van der Waals surface area (Å²) in [4.78, 5) is 11.5. The molecule has 2 N–H and O–H groups in total. The molecule has 1 aromatic carbocycles. The molecule has 0 saturated carbocycles. The highest BCUT2D eigenvalue weighted by molar-refractivity contribution is 5.91. The van der Waals surface area contributed by atoms with Crippen molar-refractivity contribution >= 4 is 12.0 Å². The molecule has 0 radical (unpaired) electrons. The van der Waals surface area contributed by atoms with E-state index < -0.39 is 0 Å². The molecule has 0 unspecified atom stereocenters. The van der Waals surface area contributed by atoms with Crippen LogP contribution >= 0.6 is 0 Å². The van der Waals surface area contributed by atoms with Crippen LogP contribution in [0.15, 0.2) is 24.3 Å². The van der Waals surface area contributed by atoms with Crippen LogP contribution in [0.25, 0.3) is 6.08 Å². The highest BCUT2D eigenvalue weighted by atomic mass is 16.5. The molecule has 0 aliphatic carbocycles. The number of hydrogen-bond acceptors (Lipinski definition) is 4. The van der Waals surface area contributed by atoms with Gasteiger partial charge in [0.1, 0.15) is 0 Å². The topological polar surface area (TPSA) is 67.8 Å². The van der Waals surface area contributed by atoms with Crippen molar-refractivity contribution in [2.24, 2.45) is 0 Å². The Bertz CT molecular complexity index is 500. The molecule has 0 heterocycles. The van der Waals surface area contributed by atoms with Crippen LogP contribution < -0.4 is 14.8 Å². The van der Waals surface area contributed by atoms with E-state index in [2.05, 4.69) is 12.2 Å². The summed E-state index contributed by atoms with van der Waals surface area (Å²) >= 11 is 0.